The maximum absolute atomic E-state index is 3.79. The Morgan fingerprint density at radius 3 is 2.60 bits per heavy atom. The monoisotopic (exact) mass is 138 g/mol. The Hall–Kier alpha value is -0.260. The van der Waals surface area contributed by atoms with Gasteiger partial charge >= 0.3 is 0 Å². The molecule has 1 fully saturated rings. The third-order valence-corrected chi connectivity index (χ3v) is 2.81. The van der Waals surface area contributed by atoms with Crippen LogP contribution in [0.4, 0.5) is 0 Å². The Kier molecular flexibility index (Phi) is 2.98. The first-order valence-corrected chi connectivity index (χ1v) is 4.49. The van der Waals surface area contributed by atoms with Crippen LogP contribution in [0.1, 0.15) is 39.0 Å². The molecule has 1 saturated carbocycles. The first-order chi connectivity index (χ1) is 4.88. The molecule has 0 saturated heterocycles. The lowest BCUT2D eigenvalue weighted by Crippen LogP contribution is -2.20. The minimum Gasteiger partial charge on any atom is -0.103 e. The van der Waals surface area contributed by atoms with Crippen LogP contribution >= 0.6 is 0 Å². The molecule has 1 rings (SSSR count). The molecule has 1 unspecified atom stereocenters. The standard InChI is InChI=1S/C10H18/c1-3-6-9(4-2)10-7-5-8-10/h3,9-10H,1,4-8H2,2H3. The Balaban J connectivity index is 2.23. The van der Waals surface area contributed by atoms with Crippen LogP contribution in [0.15, 0.2) is 12.7 Å². The van der Waals surface area contributed by atoms with E-state index in [0.717, 1.165) is 11.8 Å². The summed E-state index contributed by atoms with van der Waals surface area (Å²) in [5.41, 5.74) is 0. The summed E-state index contributed by atoms with van der Waals surface area (Å²) < 4.78 is 0. The van der Waals surface area contributed by atoms with E-state index in [-0.39, 0.29) is 0 Å². The van der Waals surface area contributed by atoms with E-state index in [1.54, 1.807) is 0 Å². The highest BCUT2D eigenvalue weighted by Gasteiger charge is 2.24. The van der Waals surface area contributed by atoms with Crippen LogP contribution in [0.25, 0.3) is 0 Å². The molecule has 0 radical (unpaired) electrons. The maximum atomic E-state index is 3.79. The molecule has 0 aromatic heterocycles. The Morgan fingerprint density at radius 1 is 1.60 bits per heavy atom. The summed E-state index contributed by atoms with van der Waals surface area (Å²) in [6, 6.07) is 0. The van der Waals surface area contributed by atoms with Crippen LogP contribution in [0, 0.1) is 11.8 Å². The van der Waals surface area contributed by atoms with Gasteiger partial charge in [0, 0.05) is 0 Å². The molecule has 0 spiro atoms. The first kappa shape index (κ1) is 7.84. The molecule has 10 heavy (non-hydrogen) atoms. The van der Waals surface area contributed by atoms with Crippen molar-refractivity contribution < 1.29 is 0 Å². The summed E-state index contributed by atoms with van der Waals surface area (Å²) >= 11 is 0. The Labute approximate surface area is 64.3 Å². The zero-order chi connectivity index (χ0) is 7.40. The molecule has 0 bridgehead atoms. The fraction of sp³-hybridized carbons (Fsp3) is 0.800. The highest BCUT2D eigenvalue weighted by molar-refractivity contribution is 4.81. The molecule has 0 amide bonds. The molecule has 1 aliphatic carbocycles. The molecule has 1 aliphatic rings. The number of rotatable bonds is 4. The second-order valence-electron chi connectivity index (χ2n) is 3.38. The van der Waals surface area contributed by atoms with E-state index in [1.807, 2.05) is 0 Å². The van der Waals surface area contributed by atoms with Crippen LogP contribution < -0.4 is 0 Å². The SMILES string of the molecule is C=CCC(CC)C1CCC1. The molecule has 58 valence electrons. The largest absolute Gasteiger partial charge is 0.103 e. The van der Waals surface area contributed by atoms with Gasteiger partial charge in [0.05, 0.1) is 0 Å². The summed E-state index contributed by atoms with van der Waals surface area (Å²) in [4.78, 5) is 0. The molecule has 0 aliphatic heterocycles. The van der Waals surface area contributed by atoms with Gasteiger partial charge in [0.1, 0.15) is 0 Å². The molecule has 0 heterocycles. The van der Waals surface area contributed by atoms with E-state index in [4.69, 9.17) is 0 Å². The van der Waals surface area contributed by atoms with Gasteiger partial charge in [0.25, 0.3) is 0 Å². The van der Waals surface area contributed by atoms with Crippen molar-refractivity contribution in [2.75, 3.05) is 0 Å². The smallest absolute Gasteiger partial charge is 0.0322 e. The summed E-state index contributed by atoms with van der Waals surface area (Å²) in [6.45, 7) is 6.09. The third-order valence-electron chi connectivity index (χ3n) is 2.81. The molecular formula is C10H18. The zero-order valence-corrected chi connectivity index (χ0v) is 6.97. The van der Waals surface area contributed by atoms with Gasteiger partial charge in [-0.2, -0.15) is 0 Å². The second kappa shape index (κ2) is 3.80. The van der Waals surface area contributed by atoms with Crippen molar-refractivity contribution in [3.63, 3.8) is 0 Å². The van der Waals surface area contributed by atoms with Crippen molar-refractivity contribution in [2.24, 2.45) is 11.8 Å². The second-order valence-corrected chi connectivity index (χ2v) is 3.38. The van der Waals surface area contributed by atoms with E-state index in [0.29, 0.717) is 0 Å². The summed E-state index contributed by atoms with van der Waals surface area (Å²) in [7, 11) is 0. The maximum Gasteiger partial charge on any atom is -0.0322 e. The van der Waals surface area contributed by atoms with Gasteiger partial charge in [-0.05, 0) is 18.3 Å². The molecule has 0 N–H and O–H groups in total. The highest BCUT2D eigenvalue weighted by atomic mass is 14.3. The van der Waals surface area contributed by atoms with Crippen LogP contribution in [0.3, 0.4) is 0 Å². The van der Waals surface area contributed by atoms with Gasteiger partial charge in [-0.15, -0.1) is 6.58 Å². The van der Waals surface area contributed by atoms with Crippen molar-refractivity contribution in [1.82, 2.24) is 0 Å². The number of hydrogen-bond donors (Lipinski definition) is 0. The van der Waals surface area contributed by atoms with Crippen molar-refractivity contribution in [2.45, 2.75) is 39.0 Å². The fourth-order valence-corrected chi connectivity index (χ4v) is 1.82. The van der Waals surface area contributed by atoms with E-state index in [9.17, 15) is 0 Å². The van der Waals surface area contributed by atoms with Gasteiger partial charge in [0.15, 0.2) is 0 Å². The predicted molar refractivity (Wildman–Crippen MR) is 45.9 cm³/mol. The average Bonchev–Trinajstić information content (AvgIpc) is 1.83. The normalized spacial score (nSPS) is 21.7. The van der Waals surface area contributed by atoms with E-state index >= 15 is 0 Å². The van der Waals surface area contributed by atoms with Crippen molar-refractivity contribution in [3.05, 3.63) is 12.7 Å². The Morgan fingerprint density at radius 2 is 2.30 bits per heavy atom. The molecular weight excluding hydrogens is 120 g/mol. The molecule has 0 nitrogen and oxygen atoms in total. The van der Waals surface area contributed by atoms with E-state index < -0.39 is 0 Å². The van der Waals surface area contributed by atoms with Crippen molar-refractivity contribution in [1.29, 1.82) is 0 Å². The number of allylic oxidation sites excluding steroid dienone is 1. The lowest BCUT2D eigenvalue weighted by Gasteiger charge is -2.32. The minimum absolute atomic E-state index is 0.950. The number of hydrogen-bond acceptors (Lipinski definition) is 0. The summed E-state index contributed by atoms with van der Waals surface area (Å²) in [6.07, 6.45) is 9.08. The minimum atomic E-state index is 0.950. The molecule has 1 atom stereocenters. The quantitative estimate of drug-likeness (QED) is 0.522. The zero-order valence-electron chi connectivity index (χ0n) is 6.97. The molecule has 0 aromatic rings. The Bertz CT molecular complexity index is 101. The lowest BCUT2D eigenvalue weighted by molar-refractivity contribution is 0.202. The van der Waals surface area contributed by atoms with Gasteiger partial charge in [0.2, 0.25) is 0 Å². The summed E-state index contributed by atoms with van der Waals surface area (Å²) in [5, 5.41) is 0. The predicted octanol–water partition coefficient (Wildman–Crippen LogP) is 3.39. The first-order valence-electron chi connectivity index (χ1n) is 4.49. The summed E-state index contributed by atoms with van der Waals surface area (Å²) in [5.74, 6) is 1.99. The lowest BCUT2D eigenvalue weighted by atomic mass is 9.73. The van der Waals surface area contributed by atoms with Gasteiger partial charge in [-0.1, -0.05) is 38.7 Å². The van der Waals surface area contributed by atoms with Gasteiger partial charge in [-0.3, -0.25) is 0 Å². The average molecular weight is 138 g/mol. The van der Waals surface area contributed by atoms with Gasteiger partial charge in [-0.25, -0.2) is 0 Å². The van der Waals surface area contributed by atoms with Crippen molar-refractivity contribution >= 4 is 0 Å². The topological polar surface area (TPSA) is 0 Å². The third kappa shape index (κ3) is 1.62. The van der Waals surface area contributed by atoms with Gasteiger partial charge < -0.3 is 0 Å². The fourth-order valence-electron chi connectivity index (χ4n) is 1.82. The van der Waals surface area contributed by atoms with Crippen LogP contribution in [0.5, 0.6) is 0 Å². The molecule has 0 heteroatoms. The van der Waals surface area contributed by atoms with Crippen LogP contribution in [0.2, 0.25) is 0 Å². The highest BCUT2D eigenvalue weighted by Crippen LogP contribution is 2.36. The van der Waals surface area contributed by atoms with E-state index in [1.165, 1.54) is 32.1 Å². The van der Waals surface area contributed by atoms with Crippen LogP contribution in [-0.4, -0.2) is 0 Å². The van der Waals surface area contributed by atoms with Crippen LogP contribution in [-0.2, 0) is 0 Å². The molecule has 0 aromatic carbocycles. The van der Waals surface area contributed by atoms with Crippen molar-refractivity contribution in [3.8, 4) is 0 Å². The van der Waals surface area contributed by atoms with E-state index in [2.05, 4.69) is 19.6 Å².